The van der Waals surface area contributed by atoms with Crippen LogP contribution in [0.15, 0.2) is 54.9 Å². The molecule has 1 saturated heterocycles. The van der Waals surface area contributed by atoms with Gasteiger partial charge in [0.1, 0.15) is 0 Å². The smallest absolute Gasteiger partial charge is 0.253 e. The summed E-state index contributed by atoms with van der Waals surface area (Å²) in [7, 11) is 0. The number of amides is 1. The molecule has 5 heteroatoms. The summed E-state index contributed by atoms with van der Waals surface area (Å²) >= 11 is 0. The van der Waals surface area contributed by atoms with Crippen molar-refractivity contribution in [3.63, 3.8) is 0 Å². The highest BCUT2D eigenvalue weighted by Crippen LogP contribution is 2.26. The second-order valence-corrected chi connectivity index (χ2v) is 6.59. The van der Waals surface area contributed by atoms with Crippen molar-refractivity contribution in [3.8, 4) is 0 Å². The molecule has 1 amide bonds. The molecule has 1 aliphatic heterocycles. The number of nitrogens with one attached hydrogen (secondary N) is 1. The SMILES string of the molecule is O=C(NCc1ccc(C2CCOCC2)cc1)c1cnc2ncccc2c1. The number of rotatable bonds is 4. The molecule has 0 spiro atoms. The Morgan fingerprint density at radius 3 is 2.73 bits per heavy atom. The average Bonchev–Trinajstić information content (AvgIpc) is 2.72. The van der Waals surface area contributed by atoms with Crippen molar-refractivity contribution in [3.05, 3.63) is 71.5 Å². The molecule has 2 aromatic heterocycles. The lowest BCUT2D eigenvalue weighted by Crippen LogP contribution is -2.23. The third-order valence-electron chi connectivity index (χ3n) is 4.84. The zero-order chi connectivity index (χ0) is 17.8. The van der Waals surface area contributed by atoms with Crippen LogP contribution in [0.2, 0.25) is 0 Å². The number of aromatic nitrogens is 2. The Morgan fingerprint density at radius 1 is 1.12 bits per heavy atom. The van der Waals surface area contributed by atoms with E-state index < -0.39 is 0 Å². The third kappa shape index (κ3) is 3.73. The third-order valence-corrected chi connectivity index (χ3v) is 4.84. The van der Waals surface area contributed by atoms with E-state index >= 15 is 0 Å². The Kier molecular flexibility index (Phi) is 4.88. The molecule has 0 radical (unpaired) electrons. The lowest BCUT2D eigenvalue weighted by Gasteiger charge is -2.22. The second-order valence-electron chi connectivity index (χ2n) is 6.59. The maximum atomic E-state index is 12.4. The number of hydrogen-bond donors (Lipinski definition) is 1. The topological polar surface area (TPSA) is 64.1 Å². The lowest BCUT2D eigenvalue weighted by molar-refractivity contribution is 0.0853. The standard InChI is InChI=1S/C21H21N3O2/c25-21(19-12-18-2-1-9-22-20(18)23-14-19)24-13-15-3-5-16(6-4-15)17-7-10-26-11-8-17/h1-6,9,12,14,17H,7-8,10-11,13H2,(H,24,25). The first-order chi connectivity index (χ1) is 12.8. The maximum absolute atomic E-state index is 12.4. The molecular weight excluding hydrogens is 326 g/mol. The summed E-state index contributed by atoms with van der Waals surface area (Å²) in [6, 6.07) is 14.1. The fourth-order valence-electron chi connectivity index (χ4n) is 3.31. The van der Waals surface area contributed by atoms with Crippen molar-refractivity contribution in [1.29, 1.82) is 0 Å². The van der Waals surface area contributed by atoms with Gasteiger partial charge in [-0.05, 0) is 48.1 Å². The van der Waals surface area contributed by atoms with Gasteiger partial charge in [-0.2, -0.15) is 0 Å². The van der Waals surface area contributed by atoms with Gasteiger partial charge in [-0.25, -0.2) is 9.97 Å². The van der Waals surface area contributed by atoms with E-state index in [2.05, 4.69) is 39.6 Å². The van der Waals surface area contributed by atoms with E-state index in [0.717, 1.165) is 37.0 Å². The van der Waals surface area contributed by atoms with E-state index in [1.165, 1.54) is 5.56 Å². The van der Waals surface area contributed by atoms with Gasteiger partial charge in [-0.3, -0.25) is 4.79 Å². The van der Waals surface area contributed by atoms with E-state index in [1.54, 1.807) is 12.4 Å². The summed E-state index contributed by atoms with van der Waals surface area (Å²) in [4.78, 5) is 20.8. The molecular formula is C21H21N3O2. The Balaban J connectivity index is 1.38. The van der Waals surface area contributed by atoms with Gasteiger partial charge >= 0.3 is 0 Å². The molecule has 0 saturated carbocycles. The molecule has 1 aromatic carbocycles. The van der Waals surface area contributed by atoms with Gasteiger partial charge in [0.05, 0.1) is 5.56 Å². The fourth-order valence-corrected chi connectivity index (χ4v) is 3.31. The molecule has 4 rings (SSSR count). The van der Waals surface area contributed by atoms with Crippen LogP contribution in [0.3, 0.4) is 0 Å². The van der Waals surface area contributed by atoms with Crippen molar-refractivity contribution in [1.82, 2.24) is 15.3 Å². The average molecular weight is 347 g/mol. The van der Waals surface area contributed by atoms with Gasteiger partial charge in [-0.1, -0.05) is 24.3 Å². The lowest BCUT2D eigenvalue weighted by atomic mass is 9.91. The molecule has 1 aliphatic rings. The normalized spacial score (nSPS) is 15.1. The molecule has 5 nitrogen and oxygen atoms in total. The van der Waals surface area contributed by atoms with Crippen LogP contribution in [0.1, 0.15) is 40.2 Å². The van der Waals surface area contributed by atoms with Gasteiger partial charge < -0.3 is 10.1 Å². The minimum absolute atomic E-state index is 0.128. The Morgan fingerprint density at radius 2 is 1.92 bits per heavy atom. The van der Waals surface area contributed by atoms with E-state index in [9.17, 15) is 4.79 Å². The largest absolute Gasteiger partial charge is 0.381 e. The first-order valence-corrected chi connectivity index (χ1v) is 8.95. The minimum atomic E-state index is -0.128. The molecule has 26 heavy (non-hydrogen) atoms. The number of nitrogens with zero attached hydrogens (tertiary/aromatic N) is 2. The van der Waals surface area contributed by atoms with Crippen molar-refractivity contribution < 1.29 is 9.53 Å². The van der Waals surface area contributed by atoms with Crippen LogP contribution in [0.5, 0.6) is 0 Å². The molecule has 3 aromatic rings. The molecule has 0 aliphatic carbocycles. The quantitative estimate of drug-likeness (QED) is 0.785. The number of ether oxygens (including phenoxy) is 1. The number of pyridine rings is 2. The van der Waals surface area contributed by atoms with Crippen molar-refractivity contribution in [2.45, 2.75) is 25.3 Å². The Hall–Kier alpha value is -2.79. The summed E-state index contributed by atoms with van der Waals surface area (Å²) in [5.74, 6) is 0.460. The van der Waals surface area contributed by atoms with Crippen LogP contribution >= 0.6 is 0 Å². The summed E-state index contributed by atoms with van der Waals surface area (Å²) in [5.41, 5.74) is 3.64. The van der Waals surface area contributed by atoms with Crippen LogP contribution in [-0.2, 0) is 11.3 Å². The Labute approximate surface area is 152 Å². The molecule has 3 heterocycles. The first-order valence-electron chi connectivity index (χ1n) is 8.95. The minimum Gasteiger partial charge on any atom is -0.381 e. The van der Waals surface area contributed by atoms with Crippen LogP contribution in [0.4, 0.5) is 0 Å². The Bertz CT molecular complexity index is 903. The maximum Gasteiger partial charge on any atom is 0.253 e. The number of carbonyl (C=O) groups excluding carboxylic acids is 1. The number of benzene rings is 1. The first kappa shape index (κ1) is 16.7. The van der Waals surface area contributed by atoms with Gasteiger partial charge in [0.15, 0.2) is 5.65 Å². The van der Waals surface area contributed by atoms with E-state index in [1.807, 2.05) is 18.2 Å². The molecule has 0 atom stereocenters. The monoisotopic (exact) mass is 347 g/mol. The predicted molar refractivity (Wildman–Crippen MR) is 99.9 cm³/mol. The summed E-state index contributed by atoms with van der Waals surface area (Å²) < 4.78 is 5.42. The van der Waals surface area contributed by atoms with Crippen LogP contribution in [-0.4, -0.2) is 29.1 Å². The summed E-state index contributed by atoms with van der Waals surface area (Å²) in [6.45, 7) is 2.19. The van der Waals surface area contributed by atoms with Crippen LogP contribution in [0, 0.1) is 0 Å². The highest BCUT2D eigenvalue weighted by atomic mass is 16.5. The van der Waals surface area contributed by atoms with E-state index in [0.29, 0.717) is 23.7 Å². The molecule has 0 unspecified atom stereocenters. The fraction of sp³-hybridized carbons (Fsp3) is 0.286. The molecule has 1 N–H and O–H groups in total. The molecule has 0 bridgehead atoms. The summed E-state index contributed by atoms with van der Waals surface area (Å²) in [6.07, 6.45) is 5.43. The van der Waals surface area contributed by atoms with Gasteiger partial charge in [0, 0.05) is 37.5 Å². The zero-order valence-corrected chi connectivity index (χ0v) is 14.5. The molecule has 132 valence electrons. The number of hydrogen-bond acceptors (Lipinski definition) is 4. The zero-order valence-electron chi connectivity index (χ0n) is 14.5. The van der Waals surface area contributed by atoms with Crippen molar-refractivity contribution in [2.75, 3.05) is 13.2 Å². The number of carbonyl (C=O) groups is 1. The predicted octanol–water partition coefficient (Wildman–Crippen LogP) is 3.45. The van der Waals surface area contributed by atoms with E-state index in [-0.39, 0.29) is 5.91 Å². The van der Waals surface area contributed by atoms with Gasteiger partial charge in [0.2, 0.25) is 0 Å². The van der Waals surface area contributed by atoms with Gasteiger partial charge in [0.25, 0.3) is 5.91 Å². The number of fused-ring (bicyclic) bond motifs is 1. The van der Waals surface area contributed by atoms with Crippen LogP contribution in [0.25, 0.3) is 11.0 Å². The van der Waals surface area contributed by atoms with Gasteiger partial charge in [-0.15, -0.1) is 0 Å². The molecule has 1 fully saturated rings. The summed E-state index contributed by atoms with van der Waals surface area (Å²) in [5, 5.41) is 3.82. The van der Waals surface area contributed by atoms with Crippen molar-refractivity contribution in [2.24, 2.45) is 0 Å². The van der Waals surface area contributed by atoms with Crippen molar-refractivity contribution >= 4 is 16.9 Å². The second kappa shape index (κ2) is 7.62. The highest BCUT2D eigenvalue weighted by Gasteiger charge is 2.15. The van der Waals surface area contributed by atoms with E-state index in [4.69, 9.17) is 4.74 Å². The highest BCUT2D eigenvalue weighted by molar-refractivity contribution is 5.96. The van der Waals surface area contributed by atoms with Crippen LogP contribution < -0.4 is 5.32 Å².